The molecule has 4 heteroatoms. The summed E-state index contributed by atoms with van der Waals surface area (Å²) in [7, 11) is 0. The van der Waals surface area contributed by atoms with Crippen molar-refractivity contribution in [3.8, 4) is 5.75 Å². The molecule has 0 fully saturated rings. The number of anilines is 1. The van der Waals surface area contributed by atoms with Crippen LogP contribution in [-0.4, -0.2) is 23.2 Å². The number of H-pyrrole nitrogens is 1. The number of hydrogen-bond donors (Lipinski definition) is 3. The molecule has 26 heavy (non-hydrogen) atoms. The Kier molecular flexibility index (Phi) is 4.50. The van der Waals surface area contributed by atoms with Crippen LogP contribution in [0.1, 0.15) is 18.6 Å². The zero-order valence-electron chi connectivity index (χ0n) is 14.7. The van der Waals surface area contributed by atoms with Crippen LogP contribution in [0.25, 0.3) is 21.8 Å². The Morgan fingerprint density at radius 1 is 0.962 bits per heavy atom. The van der Waals surface area contributed by atoms with E-state index in [1.54, 1.807) is 6.92 Å². The standard InChI is InChI=1S/C22H22N2O2/c1-15(25)17-6-2-4-8-20(17)23-12-13-26-16-10-11-19-18-7-3-5-9-21(18)24-22(19)14-16/h2-11,14-15,23-25H,12-13H2,1H3/t15-/m1/s1. The summed E-state index contributed by atoms with van der Waals surface area (Å²) in [5.74, 6) is 0.842. The van der Waals surface area contributed by atoms with Gasteiger partial charge in [-0.2, -0.15) is 0 Å². The quantitative estimate of drug-likeness (QED) is 0.437. The molecule has 4 rings (SSSR count). The molecule has 0 saturated carbocycles. The van der Waals surface area contributed by atoms with Crippen molar-refractivity contribution in [3.05, 3.63) is 72.3 Å². The van der Waals surface area contributed by atoms with Crippen LogP contribution in [0.15, 0.2) is 66.7 Å². The van der Waals surface area contributed by atoms with Gasteiger partial charge in [0, 0.05) is 40.2 Å². The van der Waals surface area contributed by atoms with Crippen molar-refractivity contribution < 1.29 is 9.84 Å². The predicted molar refractivity (Wildman–Crippen MR) is 107 cm³/mol. The topological polar surface area (TPSA) is 57.3 Å². The molecular formula is C22H22N2O2. The fourth-order valence-corrected chi connectivity index (χ4v) is 3.30. The molecule has 0 radical (unpaired) electrons. The van der Waals surface area contributed by atoms with E-state index in [-0.39, 0.29) is 0 Å². The number of para-hydroxylation sites is 2. The highest BCUT2D eigenvalue weighted by Crippen LogP contribution is 2.28. The first-order valence-corrected chi connectivity index (χ1v) is 8.86. The largest absolute Gasteiger partial charge is 0.492 e. The van der Waals surface area contributed by atoms with Crippen LogP contribution in [0.3, 0.4) is 0 Å². The first kappa shape index (κ1) is 16.5. The smallest absolute Gasteiger partial charge is 0.121 e. The Morgan fingerprint density at radius 3 is 2.62 bits per heavy atom. The fraction of sp³-hybridized carbons (Fsp3) is 0.182. The molecule has 4 nitrogen and oxygen atoms in total. The molecule has 0 aliphatic heterocycles. The van der Waals surface area contributed by atoms with Crippen LogP contribution in [0, 0.1) is 0 Å². The van der Waals surface area contributed by atoms with Crippen molar-refractivity contribution in [2.75, 3.05) is 18.5 Å². The summed E-state index contributed by atoms with van der Waals surface area (Å²) in [6.07, 6.45) is -0.496. The summed E-state index contributed by atoms with van der Waals surface area (Å²) in [5.41, 5.74) is 4.05. The molecule has 132 valence electrons. The number of aromatic nitrogens is 1. The molecule has 3 N–H and O–H groups in total. The summed E-state index contributed by atoms with van der Waals surface area (Å²) >= 11 is 0. The van der Waals surface area contributed by atoms with Gasteiger partial charge in [0.15, 0.2) is 0 Å². The van der Waals surface area contributed by atoms with E-state index in [9.17, 15) is 5.11 Å². The molecule has 4 aromatic rings. The summed E-state index contributed by atoms with van der Waals surface area (Å²) in [6.45, 7) is 2.97. The molecule has 3 aromatic carbocycles. The van der Waals surface area contributed by atoms with Gasteiger partial charge in [-0.3, -0.25) is 0 Å². The van der Waals surface area contributed by atoms with Crippen molar-refractivity contribution in [2.24, 2.45) is 0 Å². The lowest BCUT2D eigenvalue weighted by molar-refractivity contribution is 0.200. The summed E-state index contributed by atoms with van der Waals surface area (Å²) in [4.78, 5) is 3.43. The third kappa shape index (κ3) is 3.24. The van der Waals surface area contributed by atoms with Crippen LogP contribution in [-0.2, 0) is 0 Å². The lowest BCUT2D eigenvalue weighted by atomic mass is 10.1. The number of aliphatic hydroxyl groups is 1. The maximum Gasteiger partial charge on any atom is 0.121 e. The van der Waals surface area contributed by atoms with E-state index in [0.29, 0.717) is 13.2 Å². The van der Waals surface area contributed by atoms with E-state index in [1.807, 2.05) is 42.5 Å². The molecule has 0 saturated heterocycles. The third-order valence-electron chi connectivity index (χ3n) is 4.57. The average molecular weight is 346 g/mol. The predicted octanol–water partition coefficient (Wildman–Crippen LogP) is 4.87. The first-order chi connectivity index (χ1) is 12.7. The van der Waals surface area contributed by atoms with Gasteiger partial charge in [-0.25, -0.2) is 0 Å². The molecule has 0 aliphatic carbocycles. The Morgan fingerprint density at radius 2 is 1.73 bits per heavy atom. The molecule has 0 unspecified atom stereocenters. The summed E-state index contributed by atoms with van der Waals surface area (Å²) in [5, 5.41) is 15.6. The number of ether oxygens (including phenoxy) is 1. The van der Waals surface area contributed by atoms with Gasteiger partial charge in [0.05, 0.1) is 11.6 Å². The van der Waals surface area contributed by atoms with E-state index >= 15 is 0 Å². The van der Waals surface area contributed by atoms with Crippen LogP contribution >= 0.6 is 0 Å². The van der Waals surface area contributed by atoms with Crippen LogP contribution in [0.5, 0.6) is 5.75 Å². The lowest BCUT2D eigenvalue weighted by Crippen LogP contribution is -2.13. The second-order valence-electron chi connectivity index (χ2n) is 6.42. The Balaban J connectivity index is 1.41. The molecule has 0 spiro atoms. The number of rotatable bonds is 6. The van der Waals surface area contributed by atoms with Gasteiger partial charge in [0.1, 0.15) is 12.4 Å². The van der Waals surface area contributed by atoms with Gasteiger partial charge in [-0.1, -0.05) is 36.4 Å². The minimum atomic E-state index is -0.496. The highest BCUT2D eigenvalue weighted by molar-refractivity contribution is 6.07. The minimum absolute atomic E-state index is 0.496. The molecular weight excluding hydrogens is 324 g/mol. The van der Waals surface area contributed by atoms with E-state index in [1.165, 1.54) is 10.8 Å². The van der Waals surface area contributed by atoms with Crippen LogP contribution in [0.2, 0.25) is 0 Å². The molecule has 1 aromatic heterocycles. The van der Waals surface area contributed by atoms with Gasteiger partial charge < -0.3 is 20.1 Å². The summed E-state index contributed by atoms with van der Waals surface area (Å²) < 4.78 is 5.89. The van der Waals surface area contributed by atoms with E-state index in [4.69, 9.17) is 4.74 Å². The Labute approximate surface area is 152 Å². The number of fused-ring (bicyclic) bond motifs is 3. The number of aliphatic hydroxyl groups excluding tert-OH is 1. The number of aromatic amines is 1. The average Bonchev–Trinajstić information content (AvgIpc) is 3.03. The van der Waals surface area contributed by atoms with Crippen LogP contribution < -0.4 is 10.1 Å². The molecule has 1 heterocycles. The van der Waals surface area contributed by atoms with Gasteiger partial charge in [-0.15, -0.1) is 0 Å². The Hall–Kier alpha value is -2.98. The highest BCUT2D eigenvalue weighted by Gasteiger charge is 2.07. The van der Waals surface area contributed by atoms with Gasteiger partial charge in [-0.05, 0) is 31.2 Å². The maximum absolute atomic E-state index is 9.82. The lowest BCUT2D eigenvalue weighted by Gasteiger charge is -2.14. The number of nitrogens with one attached hydrogen (secondary N) is 2. The van der Waals surface area contributed by atoms with Crippen molar-refractivity contribution in [1.29, 1.82) is 0 Å². The fourth-order valence-electron chi connectivity index (χ4n) is 3.30. The van der Waals surface area contributed by atoms with E-state index in [0.717, 1.165) is 28.0 Å². The van der Waals surface area contributed by atoms with Crippen molar-refractivity contribution in [3.63, 3.8) is 0 Å². The SMILES string of the molecule is C[C@@H](O)c1ccccc1NCCOc1ccc2c(c1)[nH]c1ccccc12. The molecule has 0 aliphatic rings. The first-order valence-electron chi connectivity index (χ1n) is 8.86. The second kappa shape index (κ2) is 7.10. The monoisotopic (exact) mass is 346 g/mol. The second-order valence-corrected chi connectivity index (χ2v) is 6.42. The number of hydrogen-bond acceptors (Lipinski definition) is 3. The van der Waals surface area contributed by atoms with Crippen molar-refractivity contribution in [2.45, 2.75) is 13.0 Å². The minimum Gasteiger partial charge on any atom is -0.492 e. The van der Waals surface area contributed by atoms with Crippen molar-refractivity contribution in [1.82, 2.24) is 4.98 Å². The molecule has 1 atom stereocenters. The number of benzene rings is 3. The zero-order valence-corrected chi connectivity index (χ0v) is 14.7. The summed E-state index contributed by atoms with van der Waals surface area (Å²) in [6, 6.07) is 22.2. The van der Waals surface area contributed by atoms with Crippen LogP contribution in [0.4, 0.5) is 5.69 Å². The van der Waals surface area contributed by atoms with Gasteiger partial charge in [0.25, 0.3) is 0 Å². The molecule has 0 bridgehead atoms. The molecule has 0 amide bonds. The van der Waals surface area contributed by atoms with Gasteiger partial charge in [0.2, 0.25) is 0 Å². The van der Waals surface area contributed by atoms with E-state index in [2.05, 4.69) is 34.6 Å². The van der Waals surface area contributed by atoms with Gasteiger partial charge >= 0.3 is 0 Å². The van der Waals surface area contributed by atoms with Crippen molar-refractivity contribution >= 4 is 27.5 Å². The zero-order chi connectivity index (χ0) is 17.9. The highest BCUT2D eigenvalue weighted by atomic mass is 16.5. The Bertz CT molecular complexity index is 1040. The third-order valence-corrected chi connectivity index (χ3v) is 4.57. The van der Waals surface area contributed by atoms with E-state index < -0.39 is 6.10 Å². The maximum atomic E-state index is 9.82. The normalized spacial score (nSPS) is 12.4.